The number of hydrogen-bond donors (Lipinski definition) is 0. The van der Waals surface area contributed by atoms with Gasteiger partial charge in [-0.3, -0.25) is 4.79 Å². The van der Waals surface area contributed by atoms with Crippen LogP contribution in [0.3, 0.4) is 0 Å². The second-order valence-electron chi connectivity index (χ2n) is 4.83. The Morgan fingerprint density at radius 2 is 1.83 bits per heavy atom. The maximum atomic E-state index is 11.4. The van der Waals surface area contributed by atoms with E-state index < -0.39 is 0 Å². The molecule has 0 aromatic heterocycles. The van der Waals surface area contributed by atoms with Crippen LogP contribution in [0.25, 0.3) is 0 Å². The molecule has 0 aromatic rings. The first-order chi connectivity index (χ1) is 8.77. The Bertz CT molecular complexity index is 222. The van der Waals surface area contributed by atoms with Gasteiger partial charge in [-0.1, -0.05) is 13.3 Å². The van der Waals surface area contributed by atoms with E-state index in [4.69, 9.17) is 14.2 Å². The van der Waals surface area contributed by atoms with E-state index in [0.717, 1.165) is 38.7 Å². The van der Waals surface area contributed by atoms with Gasteiger partial charge >= 0.3 is 5.97 Å². The van der Waals surface area contributed by atoms with Crippen molar-refractivity contribution >= 4 is 5.97 Å². The molecule has 0 aromatic carbocycles. The van der Waals surface area contributed by atoms with Crippen molar-refractivity contribution in [3.8, 4) is 0 Å². The Balaban J connectivity index is 2.00. The van der Waals surface area contributed by atoms with Crippen molar-refractivity contribution in [3.63, 3.8) is 0 Å². The minimum Gasteiger partial charge on any atom is -0.469 e. The Labute approximate surface area is 110 Å². The molecule has 106 valence electrons. The molecule has 0 aliphatic heterocycles. The Hall–Kier alpha value is -0.610. The summed E-state index contributed by atoms with van der Waals surface area (Å²) in [6, 6.07) is 0. The molecular weight excluding hydrogens is 232 g/mol. The number of esters is 1. The van der Waals surface area contributed by atoms with Gasteiger partial charge in [-0.05, 0) is 32.1 Å². The summed E-state index contributed by atoms with van der Waals surface area (Å²) in [5.74, 6) is 0.00648. The van der Waals surface area contributed by atoms with Crippen LogP contribution in [0.5, 0.6) is 0 Å². The molecule has 0 spiro atoms. The first kappa shape index (κ1) is 15.4. The third kappa shape index (κ3) is 5.83. The van der Waals surface area contributed by atoms with Crippen molar-refractivity contribution in [1.29, 1.82) is 0 Å². The minimum absolute atomic E-state index is 0.0728. The molecule has 1 saturated carbocycles. The maximum absolute atomic E-state index is 11.4. The number of carbonyl (C=O) groups is 1. The van der Waals surface area contributed by atoms with Crippen LogP contribution in [-0.4, -0.2) is 39.0 Å². The molecule has 0 bridgehead atoms. The summed E-state index contributed by atoms with van der Waals surface area (Å²) < 4.78 is 16.0. The SMILES string of the molecule is CCCCOCCOC1CCC(C(=O)OC)CC1. The van der Waals surface area contributed by atoms with E-state index >= 15 is 0 Å². The first-order valence-electron chi connectivity index (χ1n) is 7.05. The molecule has 4 nitrogen and oxygen atoms in total. The van der Waals surface area contributed by atoms with Gasteiger partial charge in [-0.15, -0.1) is 0 Å². The fourth-order valence-electron chi connectivity index (χ4n) is 2.25. The van der Waals surface area contributed by atoms with Crippen LogP contribution in [0.4, 0.5) is 0 Å². The molecule has 1 aliphatic rings. The lowest BCUT2D eigenvalue weighted by Gasteiger charge is -2.26. The van der Waals surface area contributed by atoms with Crippen molar-refractivity contribution in [2.24, 2.45) is 5.92 Å². The van der Waals surface area contributed by atoms with Crippen LogP contribution < -0.4 is 0 Å². The van der Waals surface area contributed by atoms with Gasteiger partial charge in [0.15, 0.2) is 0 Å². The first-order valence-corrected chi connectivity index (χ1v) is 7.05. The number of unbranched alkanes of at least 4 members (excludes halogenated alkanes) is 1. The molecule has 4 heteroatoms. The van der Waals surface area contributed by atoms with Gasteiger partial charge in [0.05, 0.1) is 32.3 Å². The molecule has 0 saturated heterocycles. The van der Waals surface area contributed by atoms with Gasteiger partial charge < -0.3 is 14.2 Å². The van der Waals surface area contributed by atoms with Crippen LogP contribution >= 0.6 is 0 Å². The van der Waals surface area contributed by atoms with Crippen molar-refractivity contribution < 1.29 is 19.0 Å². The molecule has 0 atom stereocenters. The summed E-state index contributed by atoms with van der Waals surface area (Å²) >= 11 is 0. The summed E-state index contributed by atoms with van der Waals surface area (Å²) in [5.41, 5.74) is 0. The molecule has 0 amide bonds. The van der Waals surface area contributed by atoms with Crippen LogP contribution in [0.2, 0.25) is 0 Å². The van der Waals surface area contributed by atoms with E-state index in [-0.39, 0.29) is 11.9 Å². The molecule has 1 rings (SSSR count). The third-order valence-electron chi connectivity index (χ3n) is 3.43. The van der Waals surface area contributed by atoms with Gasteiger partial charge in [0, 0.05) is 6.61 Å². The topological polar surface area (TPSA) is 44.8 Å². The number of carbonyl (C=O) groups excluding carboxylic acids is 1. The fourth-order valence-corrected chi connectivity index (χ4v) is 2.25. The molecule has 0 heterocycles. The van der Waals surface area contributed by atoms with E-state index in [2.05, 4.69) is 6.92 Å². The van der Waals surface area contributed by atoms with E-state index in [0.29, 0.717) is 19.3 Å². The molecule has 1 fully saturated rings. The summed E-state index contributed by atoms with van der Waals surface area (Å²) in [7, 11) is 1.46. The molecule has 0 N–H and O–H groups in total. The lowest BCUT2D eigenvalue weighted by Crippen LogP contribution is -2.27. The number of methoxy groups -OCH3 is 1. The zero-order chi connectivity index (χ0) is 13.2. The summed E-state index contributed by atoms with van der Waals surface area (Å²) in [5, 5.41) is 0. The summed E-state index contributed by atoms with van der Waals surface area (Å²) in [6.45, 7) is 4.32. The molecule has 0 radical (unpaired) electrons. The second-order valence-corrected chi connectivity index (χ2v) is 4.83. The zero-order valence-electron chi connectivity index (χ0n) is 11.7. The van der Waals surface area contributed by atoms with Gasteiger partial charge in [0.25, 0.3) is 0 Å². The standard InChI is InChI=1S/C14H26O4/c1-3-4-9-17-10-11-18-13-7-5-12(6-8-13)14(15)16-2/h12-13H,3-11H2,1-2H3. The van der Waals surface area contributed by atoms with Crippen molar-refractivity contribution in [1.82, 2.24) is 0 Å². The van der Waals surface area contributed by atoms with Gasteiger partial charge in [0.2, 0.25) is 0 Å². The predicted molar refractivity (Wildman–Crippen MR) is 69.4 cm³/mol. The van der Waals surface area contributed by atoms with Crippen LogP contribution in [-0.2, 0) is 19.0 Å². The summed E-state index contributed by atoms with van der Waals surface area (Å²) in [6.07, 6.45) is 6.24. The van der Waals surface area contributed by atoms with Gasteiger partial charge in [-0.2, -0.15) is 0 Å². The highest BCUT2D eigenvalue weighted by atomic mass is 16.5. The minimum atomic E-state index is -0.0728. The lowest BCUT2D eigenvalue weighted by atomic mass is 9.87. The van der Waals surface area contributed by atoms with E-state index in [9.17, 15) is 4.79 Å². The van der Waals surface area contributed by atoms with E-state index in [1.54, 1.807) is 0 Å². The maximum Gasteiger partial charge on any atom is 0.308 e. The van der Waals surface area contributed by atoms with Crippen LogP contribution in [0.15, 0.2) is 0 Å². The van der Waals surface area contributed by atoms with Gasteiger partial charge in [-0.25, -0.2) is 0 Å². The quantitative estimate of drug-likeness (QED) is 0.496. The van der Waals surface area contributed by atoms with Crippen molar-refractivity contribution in [2.45, 2.75) is 51.6 Å². The van der Waals surface area contributed by atoms with Crippen molar-refractivity contribution in [3.05, 3.63) is 0 Å². The van der Waals surface area contributed by atoms with Gasteiger partial charge in [0.1, 0.15) is 0 Å². The second kappa shape index (κ2) is 9.34. The predicted octanol–water partition coefficient (Wildman–Crippen LogP) is 2.55. The fraction of sp³-hybridized carbons (Fsp3) is 0.929. The Kier molecular flexibility index (Phi) is 8.01. The Morgan fingerprint density at radius 3 is 2.44 bits per heavy atom. The van der Waals surface area contributed by atoms with Crippen LogP contribution in [0.1, 0.15) is 45.4 Å². The molecular formula is C14H26O4. The van der Waals surface area contributed by atoms with Crippen LogP contribution in [0, 0.1) is 5.92 Å². The van der Waals surface area contributed by atoms with E-state index in [1.165, 1.54) is 13.5 Å². The Morgan fingerprint density at radius 1 is 1.11 bits per heavy atom. The van der Waals surface area contributed by atoms with Crippen molar-refractivity contribution in [2.75, 3.05) is 26.9 Å². The molecule has 0 unspecified atom stereocenters. The molecule has 1 aliphatic carbocycles. The number of hydrogen-bond acceptors (Lipinski definition) is 4. The normalized spacial score (nSPS) is 23.9. The number of ether oxygens (including phenoxy) is 3. The number of rotatable bonds is 8. The average molecular weight is 258 g/mol. The van der Waals surface area contributed by atoms with E-state index in [1.807, 2.05) is 0 Å². The average Bonchev–Trinajstić information content (AvgIpc) is 2.42. The summed E-state index contributed by atoms with van der Waals surface area (Å²) in [4.78, 5) is 11.4. The third-order valence-corrected chi connectivity index (χ3v) is 3.43. The monoisotopic (exact) mass is 258 g/mol. The largest absolute Gasteiger partial charge is 0.469 e. The highest BCUT2D eigenvalue weighted by Gasteiger charge is 2.26. The molecule has 18 heavy (non-hydrogen) atoms. The zero-order valence-corrected chi connectivity index (χ0v) is 11.7. The lowest BCUT2D eigenvalue weighted by molar-refractivity contribution is -0.147. The highest BCUT2D eigenvalue weighted by Crippen LogP contribution is 2.26. The smallest absolute Gasteiger partial charge is 0.308 e. The highest BCUT2D eigenvalue weighted by molar-refractivity contribution is 5.72.